The summed E-state index contributed by atoms with van der Waals surface area (Å²) < 4.78 is 44.9. The molecular weight excluding hydrogens is 360 g/mol. The highest BCUT2D eigenvalue weighted by Crippen LogP contribution is 2.32. The van der Waals surface area contributed by atoms with Crippen LogP contribution in [0.5, 0.6) is 11.5 Å². The minimum Gasteiger partial charge on any atom is -0.461 e. The highest BCUT2D eigenvalue weighted by atomic mass is 32.2. The Balaban J connectivity index is 1.80. The fourth-order valence-electron chi connectivity index (χ4n) is 2.65. The Morgan fingerprint density at radius 1 is 1.27 bits per heavy atom. The zero-order chi connectivity index (χ0) is 18.9. The van der Waals surface area contributed by atoms with Gasteiger partial charge < -0.3 is 18.8 Å². The summed E-state index contributed by atoms with van der Waals surface area (Å²) in [6, 6.07) is 6.55. The van der Waals surface area contributed by atoms with Crippen molar-refractivity contribution in [3.05, 3.63) is 41.2 Å². The van der Waals surface area contributed by atoms with Gasteiger partial charge in [0.25, 0.3) is 0 Å². The van der Waals surface area contributed by atoms with Crippen molar-refractivity contribution in [1.82, 2.24) is 9.29 Å². The van der Waals surface area contributed by atoms with Gasteiger partial charge in [-0.3, -0.25) is 0 Å². The van der Waals surface area contributed by atoms with Crippen LogP contribution in [0, 0.1) is 6.92 Å². The standard InChI is InChI=1S/C17H20N2O6S/c1-4-23-17(20)13-8-16(11(2)19(13)3)26(21,22)18-9-12-5-6-14-15(7-12)25-10-24-14/h5-8,18H,4,9-10H2,1-3H3. The Morgan fingerprint density at radius 3 is 2.73 bits per heavy atom. The summed E-state index contributed by atoms with van der Waals surface area (Å²) in [5.41, 5.74) is 1.37. The predicted octanol–water partition coefficient (Wildman–Crippen LogP) is 1.72. The number of hydrogen-bond donors (Lipinski definition) is 1. The van der Waals surface area contributed by atoms with Gasteiger partial charge in [0.1, 0.15) is 10.6 Å². The van der Waals surface area contributed by atoms with Gasteiger partial charge in [0.05, 0.1) is 6.61 Å². The summed E-state index contributed by atoms with van der Waals surface area (Å²) in [5.74, 6) is 0.659. The Bertz CT molecular complexity index is 948. The lowest BCUT2D eigenvalue weighted by Crippen LogP contribution is -2.23. The maximum absolute atomic E-state index is 12.7. The molecular formula is C17H20N2O6S. The van der Waals surface area contributed by atoms with Gasteiger partial charge in [-0.15, -0.1) is 0 Å². The molecule has 0 atom stereocenters. The van der Waals surface area contributed by atoms with Gasteiger partial charge in [0.15, 0.2) is 11.5 Å². The first-order valence-corrected chi connectivity index (χ1v) is 9.53. The number of benzene rings is 1. The van der Waals surface area contributed by atoms with Crippen LogP contribution in [0.1, 0.15) is 28.7 Å². The molecule has 0 saturated carbocycles. The summed E-state index contributed by atoms with van der Waals surface area (Å²) in [7, 11) is -2.18. The Morgan fingerprint density at radius 2 is 2.00 bits per heavy atom. The summed E-state index contributed by atoms with van der Waals surface area (Å²) in [6.07, 6.45) is 0. The van der Waals surface area contributed by atoms with Crippen LogP contribution >= 0.6 is 0 Å². The first-order chi connectivity index (χ1) is 12.3. The molecule has 8 nitrogen and oxygen atoms in total. The molecule has 0 amide bonds. The topological polar surface area (TPSA) is 95.9 Å². The minimum absolute atomic E-state index is 0.0452. The number of rotatable bonds is 6. The number of carbonyl (C=O) groups is 1. The van der Waals surface area contributed by atoms with Crippen molar-refractivity contribution >= 4 is 16.0 Å². The molecule has 2 heterocycles. The number of nitrogens with zero attached hydrogens (tertiary/aromatic N) is 1. The molecule has 0 aliphatic carbocycles. The Labute approximate surface area is 151 Å². The van der Waals surface area contributed by atoms with Crippen molar-refractivity contribution < 1.29 is 27.4 Å². The maximum Gasteiger partial charge on any atom is 0.354 e. The van der Waals surface area contributed by atoms with Gasteiger partial charge in [-0.2, -0.15) is 0 Å². The van der Waals surface area contributed by atoms with Crippen molar-refractivity contribution in [1.29, 1.82) is 0 Å². The number of sulfonamides is 1. The minimum atomic E-state index is -3.80. The molecule has 3 rings (SSSR count). The van der Waals surface area contributed by atoms with Crippen LogP contribution in [0.15, 0.2) is 29.2 Å². The van der Waals surface area contributed by atoms with Crippen LogP contribution in [0.2, 0.25) is 0 Å². The van der Waals surface area contributed by atoms with E-state index in [1.807, 2.05) is 0 Å². The molecule has 0 saturated heterocycles. The molecule has 140 valence electrons. The van der Waals surface area contributed by atoms with E-state index >= 15 is 0 Å². The molecule has 0 bridgehead atoms. The predicted molar refractivity (Wildman–Crippen MR) is 92.7 cm³/mol. The maximum atomic E-state index is 12.7. The van der Waals surface area contributed by atoms with Crippen LogP contribution in [-0.2, 0) is 28.4 Å². The van der Waals surface area contributed by atoms with Gasteiger partial charge in [-0.05, 0) is 37.6 Å². The molecule has 1 aliphatic heterocycles. The van der Waals surface area contributed by atoms with Crippen LogP contribution < -0.4 is 14.2 Å². The number of ether oxygens (including phenoxy) is 3. The number of nitrogens with one attached hydrogen (secondary N) is 1. The van der Waals surface area contributed by atoms with E-state index in [0.29, 0.717) is 17.2 Å². The lowest BCUT2D eigenvalue weighted by molar-refractivity contribution is 0.0515. The van der Waals surface area contributed by atoms with E-state index in [1.165, 1.54) is 10.6 Å². The molecule has 1 N–H and O–H groups in total. The first-order valence-electron chi connectivity index (χ1n) is 8.05. The molecule has 0 radical (unpaired) electrons. The molecule has 0 unspecified atom stereocenters. The second-order valence-electron chi connectivity index (χ2n) is 5.77. The molecule has 26 heavy (non-hydrogen) atoms. The number of hydrogen-bond acceptors (Lipinski definition) is 6. The van der Waals surface area contributed by atoms with E-state index in [2.05, 4.69) is 4.72 Å². The van der Waals surface area contributed by atoms with Crippen molar-refractivity contribution in [3.8, 4) is 11.5 Å². The van der Waals surface area contributed by atoms with Crippen LogP contribution in [-0.4, -0.2) is 32.4 Å². The van der Waals surface area contributed by atoms with Crippen LogP contribution in [0.4, 0.5) is 0 Å². The molecule has 0 fully saturated rings. The average molecular weight is 380 g/mol. The van der Waals surface area contributed by atoms with Gasteiger partial charge in [0.2, 0.25) is 16.8 Å². The fraction of sp³-hybridized carbons (Fsp3) is 0.353. The lowest BCUT2D eigenvalue weighted by atomic mass is 10.2. The van der Waals surface area contributed by atoms with E-state index in [0.717, 1.165) is 5.56 Å². The zero-order valence-electron chi connectivity index (χ0n) is 14.7. The van der Waals surface area contributed by atoms with Crippen LogP contribution in [0.3, 0.4) is 0 Å². The largest absolute Gasteiger partial charge is 0.461 e. The Hall–Kier alpha value is -2.52. The van der Waals surface area contributed by atoms with Crippen molar-refractivity contribution in [3.63, 3.8) is 0 Å². The smallest absolute Gasteiger partial charge is 0.354 e. The van der Waals surface area contributed by atoms with Gasteiger partial charge in [-0.25, -0.2) is 17.9 Å². The SMILES string of the molecule is CCOC(=O)c1cc(S(=O)(=O)NCc2ccc3c(c2)OCO3)c(C)n1C. The van der Waals surface area contributed by atoms with E-state index in [1.54, 1.807) is 39.1 Å². The monoisotopic (exact) mass is 380 g/mol. The average Bonchev–Trinajstić information content (AvgIpc) is 3.18. The summed E-state index contributed by atoms with van der Waals surface area (Å²) >= 11 is 0. The number of aromatic nitrogens is 1. The molecule has 2 aromatic rings. The lowest BCUT2D eigenvalue weighted by Gasteiger charge is -2.08. The second-order valence-corrected chi connectivity index (χ2v) is 7.51. The molecule has 1 aromatic heterocycles. The quantitative estimate of drug-likeness (QED) is 0.767. The van der Waals surface area contributed by atoms with E-state index in [4.69, 9.17) is 14.2 Å². The summed E-state index contributed by atoms with van der Waals surface area (Å²) in [4.78, 5) is 12.0. The fourth-order valence-corrected chi connectivity index (χ4v) is 3.96. The number of carbonyl (C=O) groups excluding carboxylic acids is 1. The van der Waals surface area contributed by atoms with Gasteiger partial charge in [-0.1, -0.05) is 6.07 Å². The zero-order valence-corrected chi connectivity index (χ0v) is 15.6. The van der Waals surface area contributed by atoms with Crippen molar-refractivity contribution in [2.24, 2.45) is 7.05 Å². The second kappa shape index (κ2) is 7.00. The highest BCUT2D eigenvalue weighted by Gasteiger charge is 2.25. The third-order valence-electron chi connectivity index (χ3n) is 4.17. The van der Waals surface area contributed by atoms with E-state index < -0.39 is 16.0 Å². The molecule has 9 heteroatoms. The van der Waals surface area contributed by atoms with Gasteiger partial charge in [0, 0.05) is 19.3 Å². The summed E-state index contributed by atoms with van der Waals surface area (Å²) in [5, 5.41) is 0. The Kier molecular flexibility index (Phi) is 4.92. The molecule has 1 aromatic carbocycles. The van der Waals surface area contributed by atoms with Crippen molar-refractivity contribution in [2.75, 3.05) is 13.4 Å². The number of fused-ring (bicyclic) bond motifs is 1. The summed E-state index contributed by atoms with van der Waals surface area (Å²) in [6.45, 7) is 3.79. The van der Waals surface area contributed by atoms with Crippen molar-refractivity contribution in [2.45, 2.75) is 25.3 Å². The molecule has 0 spiro atoms. The third kappa shape index (κ3) is 3.40. The highest BCUT2D eigenvalue weighted by molar-refractivity contribution is 7.89. The van der Waals surface area contributed by atoms with E-state index in [9.17, 15) is 13.2 Å². The van der Waals surface area contributed by atoms with Gasteiger partial charge >= 0.3 is 5.97 Å². The van der Waals surface area contributed by atoms with Crippen LogP contribution in [0.25, 0.3) is 0 Å². The normalized spacial score (nSPS) is 13.0. The molecule has 1 aliphatic rings. The third-order valence-corrected chi connectivity index (χ3v) is 5.68. The van der Waals surface area contributed by atoms with E-state index in [-0.39, 0.29) is 30.5 Å². The number of esters is 1. The first kappa shape index (κ1) is 18.3.